The largest absolute Gasteiger partial charge is 0.496 e. The van der Waals surface area contributed by atoms with Crippen LogP contribution >= 0.6 is 0 Å². The summed E-state index contributed by atoms with van der Waals surface area (Å²) in [7, 11) is 1.50. The highest BCUT2D eigenvalue weighted by Crippen LogP contribution is 2.30. The molecule has 1 atom stereocenters. The molecule has 0 aromatic heterocycles. The summed E-state index contributed by atoms with van der Waals surface area (Å²) in [5, 5.41) is 10.2. The maximum Gasteiger partial charge on any atom is 0.132 e. The van der Waals surface area contributed by atoms with E-state index in [4.69, 9.17) is 4.74 Å². The summed E-state index contributed by atoms with van der Waals surface area (Å²) in [5.74, 6) is 0.0247. The van der Waals surface area contributed by atoms with Gasteiger partial charge in [-0.1, -0.05) is 12.5 Å². The van der Waals surface area contributed by atoms with Crippen molar-refractivity contribution in [2.24, 2.45) is 0 Å². The monoisotopic (exact) mass is 267 g/mol. The van der Waals surface area contributed by atoms with Crippen molar-refractivity contribution in [3.05, 3.63) is 29.6 Å². The fourth-order valence-corrected chi connectivity index (χ4v) is 2.65. The van der Waals surface area contributed by atoms with Crippen molar-refractivity contribution in [1.82, 2.24) is 4.90 Å². The molecule has 0 amide bonds. The van der Waals surface area contributed by atoms with Crippen molar-refractivity contribution in [1.29, 1.82) is 0 Å². The first kappa shape index (κ1) is 14.3. The van der Waals surface area contributed by atoms with Gasteiger partial charge in [0.05, 0.1) is 18.8 Å². The van der Waals surface area contributed by atoms with Crippen molar-refractivity contribution < 1.29 is 14.2 Å². The SMILES string of the molecule is COc1cccc(F)c1C(O)CCN1CCCCC1. The Bertz CT molecular complexity index is 405. The van der Waals surface area contributed by atoms with Crippen LogP contribution in [0.2, 0.25) is 0 Å². The molecular formula is C15H22FNO2. The van der Waals surface area contributed by atoms with Crippen LogP contribution in [0.1, 0.15) is 37.4 Å². The second-order valence-corrected chi connectivity index (χ2v) is 5.06. The molecule has 2 rings (SSSR count). The van der Waals surface area contributed by atoms with E-state index >= 15 is 0 Å². The predicted molar refractivity (Wildman–Crippen MR) is 72.8 cm³/mol. The van der Waals surface area contributed by atoms with E-state index in [-0.39, 0.29) is 5.56 Å². The van der Waals surface area contributed by atoms with Crippen molar-refractivity contribution in [3.63, 3.8) is 0 Å². The molecule has 0 saturated carbocycles. The van der Waals surface area contributed by atoms with Gasteiger partial charge in [0.25, 0.3) is 0 Å². The summed E-state index contributed by atoms with van der Waals surface area (Å²) >= 11 is 0. The van der Waals surface area contributed by atoms with E-state index in [9.17, 15) is 9.50 Å². The highest BCUT2D eigenvalue weighted by molar-refractivity contribution is 5.36. The minimum absolute atomic E-state index is 0.280. The van der Waals surface area contributed by atoms with E-state index in [1.165, 1.54) is 32.4 Å². The third-order valence-electron chi connectivity index (χ3n) is 3.73. The number of nitrogens with zero attached hydrogens (tertiary/aromatic N) is 1. The van der Waals surface area contributed by atoms with E-state index in [2.05, 4.69) is 4.90 Å². The van der Waals surface area contributed by atoms with E-state index in [1.54, 1.807) is 12.1 Å². The molecule has 0 spiro atoms. The van der Waals surface area contributed by atoms with E-state index < -0.39 is 11.9 Å². The Morgan fingerprint density at radius 1 is 1.32 bits per heavy atom. The van der Waals surface area contributed by atoms with Crippen LogP contribution in [-0.2, 0) is 0 Å². The Morgan fingerprint density at radius 3 is 2.74 bits per heavy atom. The summed E-state index contributed by atoms with van der Waals surface area (Å²) in [5.41, 5.74) is 0.280. The van der Waals surface area contributed by atoms with E-state index in [0.29, 0.717) is 12.2 Å². The number of rotatable bonds is 5. The van der Waals surface area contributed by atoms with Crippen molar-refractivity contribution in [2.75, 3.05) is 26.7 Å². The minimum atomic E-state index is -0.807. The molecule has 4 heteroatoms. The van der Waals surface area contributed by atoms with Crippen LogP contribution in [0.5, 0.6) is 5.75 Å². The quantitative estimate of drug-likeness (QED) is 0.890. The Balaban J connectivity index is 1.97. The zero-order valence-electron chi connectivity index (χ0n) is 11.4. The highest BCUT2D eigenvalue weighted by Gasteiger charge is 2.19. The number of benzene rings is 1. The number of halogens is 1. The Hall–Kier alpha value is -1.13. The summed E-state index contributed by atoms with van der Waals surface area (Å²) in [6.07, 6.45) is 3.47. The van der Waals surface area contributed by atoms with Crippen LogP contribution in [0.25, 0.3) is 0 Å². The molecule has 1 heterocycles. The molecule has 1 saturated heterocycles. The fraction of sp³-hybridized carbons (Fsp3) is 0.600. The van der Waals surface area contributed by atoms with Crippen molar-refractivity contribution >= 4 is 0 Å². The molecule has 1 aliphatic rings. The molecule has 1 aromatic rings. The first-order valence-electron chi connectivity index (χ1n) is 6.95. The molecule has 0 aliphatic carbocycles. The average Bonchev–Trinajstić information content (AvgIpc) is 2.45. The van der Waals surface area contributed by atoms with Gasteiger partial charge in [0.2, 0.25) is 0 Å². The standard InChI is InChI=1S/C15H22FNO2/c1-19-14-7-5-6-12(16)15(14)13(18)8-11-17-9-3-2-4-10-17/h5-7,13,18H,2-4,8-11H2,1H3. The summed E-state index contributed by atoms with van der Waals surface area (Å²) in [6.45, 7) is 2.97. The molecule has 106 valence electrons. The highest BCUT2D eigenvalue weighted by atomic mass is 19.1. The van der Waals surface area contributed by atoms with Gasteiger partial charge in [0.1, 0.15) is 11.6 Å². The second kappa shape index (κ2) is 6.87. The molecule has 19 heavy (non-hydrogen) atoms. The Kier molecular flexibility index (Phi) is 5.16. The van der Waals surface area contributed by atoms with Gasteiger partial charge in [-0.15, -0.1) is 0 Å². The van der Waals surface area contributed by atoms with Gasteiger partial charge in [-0.3, -0.25) is 0 Å². The fourth-order valence-electron chi connectivity index (χ4n) is 2.65. The third-order valence-corrected chi connectivity index (χ3v) is 3.73. The van der Waals surface area contributed by atoms with Crippen LogP contribution in [0.3, 0.4) is 0 Å². The predicted octanol–water partition coefficient (Wildman–Crippen LogP) is 2.74. The topological polar surface area (TPSA) is 32.7 Å². The number of aliphatic hydroxyl groups excluding tert-OH is 1. The molecule has 1 aliphatic heterocycles. The molecular weight excluding hydrogens is 245 g/mol. The van der Waals surface area contributed by atoms with Gasteiger partial charge >= 0.3 is 0 Å². The molecule has 0 bridgehead atoms. The second-order valence-electron chi connectivity index (χ2n) is 5.06. The zero-order chi connectivity index (χ0) is 13.7. The van der Waals surface area contributed by atoms with E-state index in [0.717, 1.165) is 19.6 Å². The van der Waals surface area contributed by atoms with Crippen molar-refractivity contribution in [3.8, 4) is 5.75 Å². The van der Waals surface area contributed by atoms with Gasteiger partial charge in [-0.25, -0.2) is 4.39 Å². The maximum atomic E-state index is 13.8. The van der Waals surface area contributed by atoms with Crippen LogP contribution in [0.15, 0.2) is 18.2 Å². The molecule has 1 fully saturated rings. The average molecular weight is 267 g/mol. The first-order valence-corrected chi connectivity index (χ1v) is 6.95. The first-order chi connectivity index (χ1) is 9.22. The third kappa shape index (κ3) is 3.67. The normalized spacial score (nSPS) is 18.3. The minimum Gasteiger partial charge on any atom is -0.496 e. The maximum absolute atomic E-state index is 13.8. The lowest BCUT2D eigenvalue weighted by Crippen LogP contribution is -2.31. The Morgan fingerprint density at radius 2 is 2.05 bits per heavy atom. The van der Waals surface area contributed by atoms with Gasteiger partial charge in [0.15, 0.2) is 0 Å². The summed E-state index contributed by atoms with van der Waals surface area (Å²) < 4.78 is 18.9. The summed E-state index contributed by atoms with van der Waals surface area (Å²) in [6, 6.07) is 4.64. The van der Waals surface area contributed by atoms with E-state index in [1.807, 2.05) is 0 Å². The summed E-state index contributed by atoms with van der Waals surface area (Å²) in [4.78, 5) is 2.33. The Labute approximate surface area is 114 Å². The van der Waals surface area contributed by atoms with Crippen LogP contribution in [0, 0.1) is 5.82 Å². The number of aliphatic hydroxyl groups is 1. The number of likely N-dealkylation sites (tertiary alicyclic amines) is 1. The molecule has 0 radical (unpaired) electrons. The zero-order valence-corrected chi connectivity index (χ0v) is 11.4. The lowest BCUT2D eigenvalue weighted by molar-refractivity contribution is 0.128. The van der Waals surface area contributed by atoms with Crippen LogP contribution < -0.4 is 4.74 Å². The number of hydrogen-bond acceptors (Lipinski definition) is 3. The van der Waals surface area contributed by atoms with Crippen molar-refractivity contribution in [2.45, 2.75) is 31.8 Å². The molecule has 1 N–H and O–H groups in total. The molecule has 1 unspecified atom stereocenters. The van der Waals surface area contributed by atoms with Gasteiger partial charge in [0, 0.05) is 6.54 Å². The molecule has 3 nitrogen and oxygen atoms in total. The lowest BCUT2D eigenvalue weighted by Gasteiger charge is -2.27. The molecule has 1 aromatic carbocycles. The van der Waals surface area contributed by atoms with Crippen LogP contribution in [0.4, 0.5) is 4.39 Å². The van der Waals surface area contributed by atoms with Gasteiger partial charge in [-0.05, 0) is 44.5 Å². The van der Waals surface area contributed by atoms with Gasteiger partial charge < -0.3 is 14.7 Å². The number of piperidine rings is 1. The smallest absolute Gasteiger partial charge is 0.132 e. The number of ether oxygens (including phenoxy) is 1. The van der Waals surface area contributed by atoms with Crippen LogP contribution in [-0.4, -0.2) is 36.8 Å². The number of methoxy groups -OCH3 is 1. The number of hydrogen-bond donors (Lipinski definition) is 1. The lowest BCUT2D eigenvalue weighted by atomic mass is 10.0. The van der Waals surface area contributed by atoms with Gasteiger partial charge in [-0.2, -0.15) is 0 Å².